The van der Waals surface area contributed by atoms with Crippen molar-refractivity contribution >= 4 is 22.6 Å². The van der Waals surface area contributed by atoms with Crippen LogP contribution in [0.5, 0.6) is 5.75 Å². The van der Waals surface area contributed by atoms with Crippen LogP contribution in [0.2, 0.25) is 0 Å². The average molecular weight is 418 g/mol. The zero-order valence-corrected chi connectivity index (χ0v) is 17.8. The SMILES string of the molecule is CC(C)COc1c(-c2cn[nH]c2)ccn2nc(NC3CCN(S(C)=O)CC3)nc12. The van der Waals surface area contributed by atoms with Gasteiger partial charge in [0, 0.05) is 48.9 Å². The number of H-pyrrole nitrogens is 1. The molecule has 2 N–H and O–H groups in total. The normalized spacial score (nSPS) is 17.1. The lowest BCUT2D eigenvalue weighted by Gasteiger charge is -2.29. The minimum absolute atomic E-state index is 0.264. The van der Waals surface area contributed by atoms with E-state index in [0.29, 0.717) is 29.9 Å². The molecule has 0 radical (unpaired) electrons. The number of nitrogens with zero attached hydrogens (tertiary/aromatic N) is 5. The van der Waals surface area contributed by atoms with Crippen LogP contribution < -0.4 is 10.1 Å². The lowest BCUT2D eigenvalue weighted by molar-refractivity contribution is 0.273. The predicted octanol–water partition coefficient (Wildman–Crippen LogP) is 2.32. The van der Waals surface area contributed by atoms with E-state index in [9.17, 15) is 4.21 Å². The molecule has 29 heavy (non-hydrogen) atoms. The summed E-state index contributed by atoms with van der Waals surface area (Å²) in [7, 11) is -0.907. The van der Waals surface area contributed by atoms with Crippen molar-refractivity contribution in [2.24, 2.45) is 5.92 Å². The number of ether oxygens (including phenoxy) is 1. The zero-order chi connectivity index (χ0) is 20.4. The van der Waals surface area contributed by atoms with Gasteiger partial charge < -0.3 is 10.1 Å². The van der Waals surface area contributed by atoms with Gasteiger partial charge in [-0.15, -0.1) is 5.10 Å². The highest BCUT2D eigenvalue weighted by Crippen LogP contribution is 2.33. The molecule has 0 aromatic carbocycles. The predicted molar refractivity (Wildman–Crippen MR) is 113 cm³/mol. The molecule has 9 nitrogen and oxygen atoms in total. The van der Waals surface area contributed by atoms with Gasteiger partial charge in [-0.2, -0.15) is 10.1 Å². The molecular weight excluding hydrogens is 390 g/mol. The van der Waals surface area contributed by atoms with Crippen LogP contribution in [0.4, 0.5) is 5.95 Å². The summed E-state index contributed by atoms with van der Waals surface area (Å²) in [6.07, 6.45) is 9.05. The largest absolute Gasteiger partial charge is 0.489 e. The zero-order valence-electron chi connectivity index (χ0n) is 17.0. The van der Waals surface area contributed by atoms with Crippen molar-refractivity contribution in [2.45, 2.75) is 32.7 Å². The average Bonchev–Trinajstić information content (AvgIpc) is 3.36. The van der Waals surface area contributed by atoms with Crippen LogP contribution in [0, 0.1) is 5.92 Å². The van der Waals surface area contributed by atoms with Crippen molar-refractivity contribution in [1.29, 1.82) is 0 Å². The van der Waals surface area contributed by atoms with Crippen LogP contribution in [-0.4, -0.2) is 65.3 Å². The molecule has 4 rings (SSSR count). The molecule has 3 aromatic heterocycles. The van der Waals surface area contributed by atoms with Gasteiger partial charge in [-0.1, -0.05) is 13.8 Å². The van der Waals surface area contributed by atoms with Crippen LogP contribution in [-0.2, 0) is 11.0 Å². The van der Waals surface area contributed by atoms with Gasteiger partial charge in [-0.05, 0) is 24.8 Å². The molecule has 0 spiro atoms. The van der Waals surface area contributed by atoms with Crippen LogP contribution in [0.15, 0.2) is 24.7 Å². The van der Waals surface area contributed by atoms with E-state index >= 15 is 0 Å². The standard InChI is InChI=1S/C19H27N7O2S/c1-13(2)12-28-17-16(14-10-20-21-11-14)6-9-26-18(17)23-19(24-26)22-15-4-7-25(8-5-15)29(3)27/h6,9-11,13,15H,4-5,7-8,12H2,1-3H3,(H,20,21)(H,22,24). The van der Waals surface area contributed by atoms with Gasteiger partial charge in [0.05, 0.1) is 23.8 Å². The lowest BCUT2D eigenvalue weighted by Crippen LogP contribution is -2.39. The monoisotopic (exact) mass is 417 g/mol. The minimum Gasteiger partial charge on any atom is -0.489 e. The maximum Gasteiger partial charge on any atom is 0.243 e. The van der Waals surface area contributed by atoms with Crippen LogP contribution in [0.1, 0.15) is 26.7 Å². The van der Waals surface area contributed by atoms with E-state index in [1.165, 1.54) is 0 Å². The number of nitrogens with one attached hydrogen (secondary N) is 2. The highest BCUT2D eigenvalue weighted by molar-refractivity contribution is 7.81. The van der Waals surface area contributed by atoms with Crippen molar-refractivity contribution in [3.63, 3.8) is 0 Å². The van der Waals surface area contributed by atoms with Crippen molar-refractivity contribution in [2.75, 3.05) is 31.3 Å². The number of hydrogen-bond acceptors (Lipinski definition) is 6. The molecule has 156 valence electrons. The number of fused-ring (bicyclic) bond motifs is 1. The quantitative estimate of drug-likeness (QED) is 0.612. The molecule has 10 heteroatoms. The van der Waals surface area contributed by atoms with Gasteiger partial charge in [0.25, 0.3) is 0 Å². The fourth-order valence-electron chi connectivity index (χ4n) is 3.44. The Morgan fingerprint density at radius 1 is 1.38 bits per heavy atom. The Hall–Kier alpha value is -2.46. The Bertz CT molecular complexity index is 978. The summed E-state index contributed by atoms with van der Waals surface area (Å²) in [6.45, 7) is 6.43. The van der Waals surface area contributed by atoms with E-state index < -0.39 is 11.0 Å². The Morgan fingerprint density at radius 2 is 2.17 bits per heavy atom. The molecule has 0 amide bonds. The van der Waals surface area contributed by atoms with E-state index in [4.69, 9.17) is 9.72 Å². The number of anilines is 1. The second kappa shape index (κ2) is 8.50. The third-order valence-corrected chi connectivity index (χ3v) is 6.07. The molecule has 3 aromatic rings. The summed E-state index contributed by atoms with van der Waals surface area (Å²) in [5.74, 6) is 1.68. The summed E-state index contributed by atoms with van der Waals surface area (Å²) >= 11 is 0. The van der Waals surface area contributed by atoms with Gasteiger partial charge in [-0.3, -0.25) is 5.10 Å². The smallest absolute Gasteiger partial charge is 0.243 e. The van der Waals surface area contributed by atoms with Gasteiger partial charge in [0.15, 0.2) is 11.4 Å². The molecule has 0 aliphatic carbocycles. The van der Waals surface area contributed by atoms with E-state index in [0.717, 1.165) is 37.1 Å². The van der Waals surface area contributed by atoms with Crippen LogP contribution >= 0.6 is 0 Å². The number of piperidine rings is 1. The van der Waals surface area contributed by atoms with E-state index in [-0.39, 0.29) is 6.04 Å². The first-order chi connectivity index (χ1) is 14.0. The van der Waals surface area contributed by atoms with Gasteiger partial charge in [0.2, 0.25) is 5.95 Å². The first-order valence-electron chi connectivity index (χ1n) is 9.87. The Balaban J connectivity index is 1.59. The Kier molecular flexibility index (Phi) is 5.81. The van der Waals surface area contributed by atoms with Crippen molar-refractivity contribution in [1.82, 2.24) is 29.1 Å². The first kappa shape index (κ1) is 19.8. The molecule has 1 fully saturated rings. The Morgan fingerprint density at radius 3 is 2.83 bits per heavy atom. The maximum absolute atomic E-state index is 11.6. The molecule has 1 unspecified atom stereocenters. The van der Waals surface area contributed by atoms with Gasteiger partial charge in [0.1, 0.15) is 0 Å². The highest BCUT2D eigenvalue weighted by Gasteiger charge is 2.23. The first-order valence-corrected chi connectivity index (χ1v) is 11.4. The van der Waals surface area contributed by atoms with Gasteiger partial charge >= 0.3 is 0 Å². The van der Waals surface area contributed by atoms with Crippen LogP contribution in [0.25, 0.3) is 16.8 Å². The van der Waals surface area contributed by atoms with Crippen molar-refractivity contribution in [3.05, 3.63) is 24.7 Å². The van der Waals surface area contributed by atoms with Crippen molar-refractivity contribution < 1.29 is 8.95 Å². The summed E-state index contributed by atoms with van der Waals surface area (Å²) in [5, 5.41) is 14.9. The molecule has 1 atom stereocenters. The summed E-state index contributed by atoms with van der Waals surface area (Å²) < 4.78 is 21.5. The number of aromatic amines is 1. The summed E-state index contributed by atoms with van der Waals surface area (Å²) in [5.41, 5.74) is 2.56. The Labute approximate surface area is 172 Å². The van der Waals surface area contributed by atoms with E-state index in [1.807, 2.05) is 22.8 Å². The fraction of sp³-hybridized carbons (Fsp3) is 0.526. The number of hydrogen-bond donors (Lipinski definition) is 2. The lowest BCUT2D eigenvalue weighted by atomic mass is 10.1. The topological polar surface area (TPSA) is 100 Å². The minimum atomic E-state index is -0.907. The summed E-state index contributed by atoms with van der Waals surface area (Å²) in [6, 6.07) is 2.24. The molecule has 1 aliphatic rings. The number of pyridine rings is 1. The molecular formula is C19H27N7O2S. The molecule has 0 bridgehead atoms. The van der Waals surface area contributed by atoms with Crippen molar-refractivity contribution in [3.8, 4) is 16.9 Å². The molecule has 4 heterocycles. The summed E-state index contributed by atoms with van der Waals surface area (Å²) in [4.78, 5) is 4.72. The second-order valence-electron chi connectivity index (χ2n) is 7.73. The molecule has 1 aliphatic heterocycles. The molecule has 1 saturated heterocycles. The number of aromatic nitrogens is 5. The molecule has 0 saturated carbocycles. The highest BCUT2D eigenvalue weighted by atomic mass is 32.2. The van der Waals surface area contributed by atoms with E-state index in [1.54, 1.807) is 17.0 Å². The van der Waals surface area contributed by atoms with Crippen LogP contribution in [0.3, 0.4) is 0 Å². The fourth-order valence-corrected chi connectivity index (χ4v) is 4.17. The number of rotatable bonds is 7. The third-order valence-electron chi connectivity index (χ3n) is 4.98. The third kappa shape index (κ3) is 4.43. The van der Waals surface area contributed by atoms with Gasteiger partial charge in [-0.25, -0.2) is 13.0 Å². The maximum atomic E-state index is 11.6. The second-order valence-corrected chi connectivity index (χ2v) is 9.09. The van der Waals surface area contributed by atoms with E-state index in [2.05, 4.69) is 34.5 Å².